The molecule has 0 bridgehead atoms. The smallest absolute Gasteiger partial charge is 0.412 e. The first-order chi connectivity index (χ1) is 16.6. The van der Waals surface area contributed by atoms with Crippen molar-refractivity contribution in [2.75, 3.05) is 35.0 Å². The molecule has 0 spiro atoms. The molecule has 1 aliphatic heterocycles. The summed E-state index contributed by atoms with van der Waals surface area (Å²) in [4.78, 5) is 14.9. The van der Waals surface area contributed by atoms with Crippen LogP contribution in [0.5, 0.6) is 17.2 Å². The monoisotopic (exact) mass is 481 g/mol. The van der Waals surface area contributed by atoms with Crippen LogP contribution in [0.2, 0.25) is 0 Å². The molecule has 3 aromatic rings. The highest BCUT2D eigenvalue weighted by Gasteiger charge is 2.46. The summed E-state index contributed by atoms with van der Waals surface area (Å²) in [5.41, 5.74) is -0.337. The Bertz CT molecular complexity index is 1250. The summed E-state index contributed by atoms with van der Waals surface area (Å²) in [6, 6.07) is 12.2. The second-order valence-corrected chi connectivity index (χ2v) is 9.94. The Kier molecular flexibility index (Phi) is 6.73. The first kappa shape index (κ1) is 24.9. The van der Waals surface area contributed by atoms with E-state index in [-0.39, 0.29) is 6.09 Å². The molecule has 1 unspecified atom stereocenters. The van der Waals surface area contributed by atoms with Gasteiger partial charge in [0.2, 0.25) is 0 Å². The van der Waals surface area contributed by atoms with Gasteiger partial charge in [0, 0.05) is 20.1 Å². The molecular weight excluding hydrogens is 446 g/mol. The molecule has 3 aromatic carbocycles. The molecular formula is C28H35NO6. The predicted octanol–water partition coefficient (Wildman–Crippen LogP) is 5.93. The van der Waals surface area contributed by atoms with Gasteiger partial charge < -0.3 is 23.7 Å². The number of rotatable bonds is 6. The van der Waals surface area contributed by atoms with Gasteiger partial charge in [-0.25, -0.2) is 4.79 Å². The maximum absolute atomic E-state index is 13.1. The van der Waals surface area contributed by atoms with E-state index in [9.17, 15) is 4.79 Å². The van der Waals surface area contributed by atoms with Gasteiger partial charge in [-0.2, -0.15) is 0 Å². The lowest BCUT2D eigenvalue weighted by Gasteiger charge is -2.38. The molecule has 1 amide bonds. The van der Waals surface area contributed by atoms with Crippen LogP contribution in [0.1, 0.15) is 39.2 Å². The van der Waals surface area contributed by atoms with E-state index in [4.69, 9.17) is 23.7 Å². The quantitative estimate of drug-likeness (QED) is 0.406. The van der Waals surface area contributed by atoms with E-state index < -0.39 is 11.3 Å². The van der Waals surface area contributed by atoms with Gasteiger partial charge in [0.15, 0.2) is 11.5 Å². The van der Waals surface area contributed by atoms with E-state index >= 15 is 0 Å². The second kappa shape index (κ2) is 9.46. The molecule has 1 saturated heterocycles. The fourth-order valence-corrected chi connectivity index (χ4v) is 4.99. The average molecular weight is 482 g/mol. The van der Waals surface area contributed by atoms with Gasteiger partial charge in [0.1, 0.15) is 17.1 Å². The Morgan fingerprint density at radius 2 is 1.60 bits per heavy atom. The van der Waals surface area contributed by atoms with Gasteiger partial charge in [0.25, 0.3) is 0 Å². The van der Waals surface area contributed by atoms with Crippen LogP contribution in [0.15, 0.2) is 36.4 Å². The largest absolute Gasteiger partial charge is 0.497 e. The minimum absolute atomic E-state index is 0.356. The Morgan fingerprint density at radius 1 is 0.914 bits per heavy atom. The van der Waals surface area contributed by atoms with Gasteiger partial charge in [-0.05, 0) is 85.0 Å². The summed E-state index contributed by atoms with van der Waals surface area (Å²) in [5, 5.41) is 4.14. The van der Waals surface area contributed by atoms with Crippen LogP contribution in [0.25, 0.3) is 21.5 Å². The normalized spacial score (nSPS) is 18.2. The molecule has 0 aromatic heterocycles. The molecule has 1 fully saturated rings. The fraction of sp³-hybridized carbons (Fsp3) is 0.464. The molecule has 0 aliphatic carbocycles. The number of benzene rings is 3. The zero-order valence-electron chi connectivity index (χ0n) is 21.7. The highest BCUT2D eigenvalue weighted by Crippen LogP contribution is 2.42. The number of carbonyl (C=O) groups is 1. The molecule has 1 aliphatic rings. The molecule has 7 nitrogen and oxygen atoms in total. The van der Waals surface area contributed by atoms with E-state index in [1.807, 2.05) is 51.1 Å². The Balaban J connectivity index is 1.89. The Hall–Kier alpha value is -3.19. The van der Waals surface area contributed by atoms with Crippen LogP contribution in [-0.2, 0) is 15.9 Å². The van der Waals surface area contributed by atoms with Crippen LogP contribution < -0.4 is 14.2 Å². The van der Waals surface area contributed by atoms with Gasteiger partial charge in [0.05, 0.1) is 21.3 Å². The Labute approximate surface area is 206 Å². The minimum atomic E-state index is -0.803. The molecule has 0 N–H and O–H groups in total. The summed E-state index contributed by atoms with van der Waals surface area (Å²) >= 11 is 0. The van der Waals surface area contributed by atoms with Crippen LogP contribution in [0, 0.1) is 0 Å². The van der Waals surface area contributed by atoms with Crippen molar-refractivity contribution in [2.24, 2.45) is 0 Å². The van der Waals surface area contributed by atoms with Gasteiger partial charge in [-0.3, -0.25) is 4.90 Å². The zero-order chi connectivity index (χ0) is 25.4. The summed E-state index contributed by atoms with van der Waals surface area (Å²) in [6.45, 7) is 6.21. The van der Waals surface area contributed by atoms with Crippen molar-refractivity contribution in [3.05, 3.63) is 42.0 Å². The molecule has 0 saturated carbocycles. The zero-order valence-corrected chi connectivity index (χ0v) is 21.7. The number of amides is 1. The minimum Gasteiger partial charge on any atom is -0.497 e. The van der Waals surface area contributed by atoms with Crippen LogP contribution in [0.3, 0.4) is 0 Å². The predicted molar refractivity (Wildman–Crippen MR) is 137 cm³/mol. The van der Waals surface area contributed by atoms with Crippen molar-refractivity contribution in [3.8, 4) is 17.2 Å². The highest BCUT2D eigenvalue weighted by atomic mass is 16.6. The Morgan fingerprint density at radius 3 is 2.20 bits per heavy atom. The van der Waals surface area contributed by atoms with Crippen molar-refractivity contribution >= 4 is 27.6 Å². The molecule has 1 atom stereocenters. The second-order valence-electron chi connectivity index (χ2n) is 9.94. The average Bonchev–Trinajstić information content (AvgIpc) is 3.26. The number of nitrogens with zero attached hydrogens (tertiary/aromatic N) is 1. The van der Waals surface area contributed by atoms with Crippen molar-refractivity contribution in [1.82, 2.24) is 4.90 Å². The van der Waals surface area contributed by atoms with E-state index in [1.165, 1.54) is 0 Å². The number of likely N-dealkylation sites (tertiary alicyclic amines) is 1. The first-order valence-corrected chi connectivity index (χ1v) is 11.9. The van der Waals surface area contributed by atoms with E-state index in [1.54, 1.807) is 33.3 Å². The standard InChI is InChI=1S/C28H35NO6/c1-27(2,3)35-26(30)29-12-8-11-28(29,34-7)17-19-13-18-9-10-20(31-4)14-21(18)23-16-25(33-6)24(32-5)15-22(19)23/h9-10,13-16H,8,11-12,17H2,1-7H3. The third-order valence-electron chi connectivity index (χ3n) is 6.65. The topological polar surface area (TPSA) is 66.5 Å². The number of carbonyl (C=O) groups excluding carboxylic acids is 1. The molecule has 188 valence electrons. The summed E-state index contributed by atoms with van der Waals surface area (Å²) in [6.07, 6.45) is 1.72. The lowest BCUT2D eigenvalue weighted by atomic mass is 9.91. The van der Waals surface area contributed by atoms with Gasteiger partial charge >= 0.3 is 6.09 Å². The van der Waals surface area contributed by atoms with Crippen molar-refractivity contribution in [3.63, 3.8) is 0 Å². The van der Waals surface area contributed by atoms with E-state index in [2.05, 4.69) is 6.07 Å². The lowest BCUT2D eigenvalue weighted by molar-refractivity contribution is -0.109. The molecule has 0 radical (unpaired) electrons. The molecule has 1 heterocycles. The van der Waals surface area contributed by atoms with Gasteiger partial charge in [-0.15, -0.1) is 0 Å². The maximum Gasteiger partial charge on any atom is 0.412 e. The lowest BCUT2D eigenvalue weighted by Crippen LogP contribution is -2.51. The number of ether oxygens (including phenoxy) is 5. The SMILES string of the molecule is COc1ccc2cc(CC3(OC)CCCN3C(=O)OC(C)(C)C)c3cc(OC)c(OC)cc3c2c1. The van der Waals surface area contributed by atoms with Crippen LogP contribution in [0.4, 0.5) is 4.79 Å². The van der Waals surface area contributed by atoms with E-state index in [0.717, 1.165) is 45.7 Å². The fourth-order valence-electron chi connectivity index (χ4n) is 4.99. The number of fused-ring (bicyclic) bond motifs is 3. The van der Waals surface area contributed by atoms with Crippen molar-refractivity contribution in [1.29, 1.82) is 0 Å². The number of hydrogen-bond donors (Lipinski definition) is 0. The van der Waals surface area contributed by atoms with Crippen LogP contribution in [-0.4, -0.2) is 57.3 Å². The number of methoxy groups -OCH3 is 4. The molecule has 35 heavy (non-hydrogen) atoms. The summed E-state index contributed by atoms with van der Waals surface area (Å²) < 4.78 is 28.5. The summed E-state index contributed by atoms with van der Waals surface area (Å²) in [5.74, 6) is 2.07. The van der Waals surface area contributed by atoms with Gasteiger partial charge in [-0.1, -0.05) is 12.1 Å². The number of hydrogen-bond acceptors (Lipinski definition) is 6. The first-order valence-electron chi connectivity index (χ1n) is 11.9. The third kappa shape index (κ3) is 4.69. The maximum atomic E-state index is 13.1. The van der Waals surface area contributed by atoms with E-state index in [0.29, 0.717) is 24.5 Å². The van der Waals surface area contributed by atoms with Crippen LogP contribution >= 0.6 is 0 Å². The molecule has 7 heteroatoms. The summed E-state index contributed by atoms with van der Waals surface area (Å²) in [7, 11) is 6.59. The van der Waals surface area contributed by atoms with Crippen molar-refractivity contribution < 1.29 is 28.5 Å². The van der Waals surface area contributed by atoms with Crippen molar-refractivity contribution in [2.45, 2.75) is 51.4 Å². The third-order valence-corrected chi connectivity index (χ3v) is 6.65. The molecule has 4 rings (SSSR count). The highest BCUT2D eigenvalue weighted by molar-refractivity contribution is 6.10.